The van der Waals surface area contributed by atoms with Crippen molar-refractivity contribution in [3.8, 4) is 0 Å². The molecule has 1 amide bonds. The fourth-order valence-corrected chi connectivity index (χ4v) is 1.89. The van der Waals surface area contributed by atoms with Gasteiger partial charge in [0.25, 0.3) is 5.91 Å². The molecule has 0 saturated heterocycles. The lowest BCUT2D eigenvalue weighted by Gasteiger charge is -2.00. The van der Waals surface area contributed by atoms with Crippen LogP contribution in [-0.4, -0.2) is 33.9 Å². The second-order valence-corrected chi connectivity index (χ2v) is 4.50. The van der Waals surface area contributed by atoms with Crippen LogP contribution >= 0.6 is 11.8 Å². The van der Waals surface area contributed by atoms with Gasteiger partial charge < -0.3 is 9.73 Å². The second kappa shape index (κ2) is 6.25. The van der Waals surface area contributed by atoms with E-state index >= 15 is 0 Å². The van der Waals surface area contributed by atoms with E-state index in [1.807, 2.05) is 12.3 Å². The molecule has 2 rings (SSSR count). The standard InChI is InChI=1S/C11H14N4O2S/c1-18-6-8-2-3-9(17-8)11(16)12-5-4-10-13-7-14-15-10/h2-3,7H,4-6H2,1H3,(H,12,16)(H,13,14,15). The van der Waals surface area contributed by atoms with Crippen molar-refractivity contribution < 1.29 is 9.21 Å². The van der Waals surface area contributed by atoms with Crippen LogP contribution in [0, 0.1) is 0 Å². The molecule has 0 fully saturated rings. The van der Waals surface area contributed by atoms with Crippen molar-refractivity contribution in [3.63, 3.8) is 0 Å². The summed E-state index contributed by atoms with van der Waals surface area (Å²) < 4.78 is 5.40. The Balaban J connectivity index is 1.80. The van der Waals surface area contributed by atoms with Crippen LogP contribution in [-0.2, 0) is 12.2 Å². The number of furan rings is 1. The van der Waals surface area contributed by atoms with Gasteiger partial charge in [0.15, 0.2) is 5.76 Å². The van der Waals surface area contributed by atoms with E-state index in [-0.39, 0.29) is 5.91 Å². The van der Waals surface area contributed by atoms with Gasteiger partial charge in [-0.05, 0) is 18.4 Å². The van der Waals surface area contributed by atoms with E-state index < -0.39 is 0 Å². The van der Waals surface area contributed by atoms with Crippen LogP contribution in [0.4, 0.5) is 0 Å². The SMILES string of the molecule is CSCc1ccc(C(=O)NCCc2ncn[nH]2)o1. The van der Waals surface area contributed by atoms with Gasteiger partial charge in [-0.15, -0.1) is 0 Å². The summed E-state index contributed by atoms with van der Waals surface area (Å²) in [6.45, 7) is 0.493. The van der Waals surface area contributed by atoms with Crippen molar-refractivity contribution in [1.82, 2.24) is 20.5 Å². The predicted octanol–water partition coefficient (Wildman–Crippen LogP) is 1.23. The molecule has 7 heteroatoms. The van der Waals surface area contributed by atoms with Crippen LogP contribution in [0.25, 0.3) is 0 Å². The molecule has 0 saturated carbocycles. The number of aromatic nitrogens is 3. The van der Waals surface area contributed by atoms with Gasteiger partial charge in [0, 0.05) is 13.0 Å². The van der Waals surface area contributed by atoms with Gasteiger partial charge in [-0.1, -0.05) is 0 Å². The lowest BCUT2D eigenvalue weighted by molar-refractivity contribution is 0.0925. The Labute approximate surface area is 109 Å². The molecule has 2 heterocycles. The number of carbonyl (C=O) groups excluding carboxylic acids is 1. The third-order valence-corrected chi connectivity index (χ3v) is 2.86. The summed E-state index contributed by atoms with van der Waals surface area (Å²) in [6, 6.07) is 3.51. The highest BCUT2D eigenvalue weighted by molar-refractivity contribution is 7.97. The Hall–Kier alpha value is -1.76. The molecule has 0 aromatic carbocycles. The molecule has 0 aliphatic heterocycles. The van der Waals surface area contributed by atoms with Crippen molar-refractivity contribution >= 4 is 17.7 Å². The van der Waals surface area contributed by atoms with Crippen LogP contribution in [0.15, 0.2) is 22.9 Å². The minimum atomic E-state index is -0.207. The summed E-state index contributed by atoms with van der Waals surface area (Å²) >= 11 is 1.65. The highest BCUT2D eigenvalue weighted by atomic mass is 32.2. The Kier molecular flexibility index (Phi) is 4.40. The van der Waals surface area contributed by atoms with E-state index in [1.54, 1.807) is 17.8 Å². The molecule has 0 bridgehead atoms. The first-order chi connectivity index (χ1) is 8.79. The van der Waals surface area contributed by atoms with Crippen LogP contribution in [0.3, 0.4) is 0 Å². The monoisotopic (exact) mass is 266 g/mol. The van der Waals surface area contributed by atoms with Crippen molar-refractivity contribution in [1.29, 1.82) is 0 Å². The first-order valence-corrected chi connectivity index (χ1v) is 6.89. The maximum atomic E-state index is 11.7. The maximum Gasteiger partial charge on any atom is 0.287 e. The average molecular weight is 266 g/mol. The molecule has 0 atom stereocenters. The van der Waals surface area contributed by atoms with Crippen molar-refractivity contribution in [3.05, 3.63) is 35.8 Å². The van der Waals surface area contributed by atoms with E-state index in [0.717, 1.165) is 17.3 Å². The molecule has 0 unspecified atom stereocenters. The number of amides is 1. The molecule has 0 radical (unpaired) electrons. The van der Waals surface area contributed by atoms with Gasteiger partial charge in [-0.25, -0.2) is 4.98 Å². The number of H-pyrrole nitrogens is 1. The molecule has 18 heavy (non-hydrogen) atoms. The largest absolute Gasteiger partial charge is 0.455 e. The lowest BCUT2D eigenvalue weighted by Crippen LogP contribution is -2.25. The highest BCUT2D eigenvalue weighted by Gasteiger charge is 2.10. The molecule has 2 aromatic rings. The maximum absolute atomic E-state index is 11.7. The third kappa shape index (κ3) is 3.36. The zero-order valence-electron chi connectivity index (χ0n) is 9.97. The molecule has 2 aromatic heterocycles. The van der Waals surface area contributed by atoms with Gasteiger partial charge in [-0.3, -0.25) is 9.89 Å². The Bertz CT molecular complexity index is 495. The van der Waals surface area contributed by atoms with Gasteiger partial charge in [0.05, 0.1) is 5.75 Å². The van der Waals surface area contributed by atoms with Crippen LogP contribution in [0.5, 0.6) is 0 Å². The van der Waals surface area contributed by atoms with E-state index in [0.29, 0.717) is 18.7 Å². The van der Waals surface area contributed by atoms with E-state index in [9.17, 15) is 4.79 Å². The second-order valence-electron chi connectivity index (χ2n) is 3.64. The predicted molar refractivity (Wildman–Crippen MR) is 68.3 cm³/mol. The van der Waals surface area contributed by atoms with E-state index in [1.165, 1.54) is 6.33 Å². The molecular weight excluding hydrogens is 252 g/mol. The fourth-order valence-electron chi connectivity index (χ4n) is 1.45. The quantitative estimate of drug-likeness (QED) is 0.821. The van der Waals surface area contributed by atoms with Gasteiger partial charge in [-0.2, -0.15) is 16.9 Å². The Morgan fingerprint density at radius 3 is 3.17 bits per heavy atom. The molecule has 2 N–H and O–H groups in total. The third-order valence-electron chi connectivity index (χ3n) is 2.28. The number of thioether (sulfide) groups is 1. The van der Waals surface area contributed by atoms with Crippen LogP contribution < -0.4 is 5.32 Å². The molecule has 0 spiro atoms. The average Bonchev–Trinajstić information content (AvgIpc) is 3.00. The lowest BCUT2D eigenvalue weighted by atomic mass is 10.3. The minimum absolute atomic E-state index is 0.207. The number of carbonyl (C=O) groups is 1. The van der Waals surface area contributed by atoms with Gasteiger partial charge in [0.1, 0.15) is 17.9 Å². The van der Waals surface area contributed by atoms with Crippen molar-refractivity contribution in [2.45, 2.75) is 12.2 Å². The summed E-state index contributed by atoms with van der Waals surface area (Å²) in [7, 11) is 0. The molecule has 0 aliphatic rings. The molecule has 96 valence electrons. The summed E-state index contributed by atoms with van der Waals surface area (Å²) in [4.78, 5) is 15.7. The number of aromatic amines is 1. The normalized spacial score (nSPS) is 10.5. The van der Waals surface area contributed by atoms with Gasteiger partial charge in [0.2, 0.25) is 0 Å². The van der Waals surface area contributed by atoms with Crippen molar-refractivity contribution in [2.75, 3.05) is 12.8 Å². The number of nitrogens with one attached hydrogen (secondary N) is 2. The zero-order valence-corrected chi connectivity index (χ0v) is 10.8. The summed E-state index contributed by atoms with van der Waals surface area (Å²) in [5.74, 6) is 2.46. The smallest absolute Gasteiger partial charge is 0.287 e. The first-order valence-electron chi connectivity index (χ1n) is 5.49. The van der Waals surface area contributed by atoms with E-state index in [4.69, 9.17) is 4.42 Å². The molecule has 6 nitrogen and oxygen atoms in total. The highest BCUT2D eigenvalue weighted by Crippen LogP contribution is 2.13. The van der Waals surface area contributed by atoms with Gasteiger partial charge >= 0.3 is 0 Å². The first kappa shape index (κ1) is 12.7. The van der Waals surface area contributed by atoms with Crippen molar-refractivity contribution in [2.24, 2.45) is 0 Å². The van der Waals surface area contributed by atoms with E-state index in [2.05, 4.69) is 20.5 Å². The number of hydrogen-bond acceptors (Lipinski definition) is 5. The summed E-state index contributed by atoms with van der Waals surface area (Å²) in [5, 5.41) is 9.23. The minimum Gasteiger partial charge on any atom is -0.455 e. The van der Waals surface area contributed by atoms with Crippen LogP contribution in [0.2, 0.25) is 0 Å². The molecule has 0 aliphatic carbocycles. The topological polar surface area (TPSA) is 83.8 Å². The number of rotatable bonds is 6. The Morgan fingerprint density at radius 2 is 2.44 bits per heavy atom. The summed E-state index contributed by atoms with van der Waals surface area (Å²) in [6.07, 6.45) is 4.04. The fraction of sp³-hybridized carbons (Fsp3) is 0.364. The summed E-state index contributed by atoms with van der Waals surface area (Å²) in [5.41, 5.74) is 0. The zero-order chi connectivity index (χ0) is 12.8. The molecular formula is C11H14N4O2S. The van der Waals surface area contributed by atoms with Crippen LogP contribution in [0.1, 0.15) is 22.1 Å². The number of nitrogens with zero attached hydrogens (tertiary/aromatic N) is 2. The number of hydrogen-bond donors (Lipinski definition) is 2. The Morgan fingerprint density at radius 1 is 1.56 bits per heavy atom.